The highest BCUT2D eigenvalue weighted by Crippen LogP contribution is 2.15. The minimum atomic E-state index is -3.41. The number of benzene rings is 2. The van der Waals surface area contributed by atoms with E-state index in [2.05, 4.69) is 10.9 Å². The summed E-state index contributed by atoms with van der Waals surface area (Å²) in [6.45, 7) is 1.69. The van der Waals surface area contributed by atoms with Crippen molar-refractivity contribution in [2.45, 2.75) is 18.2 Å². The Balaban J connectivity index is 2.03. The fourth-order valence-corrected chi connectivity index (χ4v) is 2.74. The number of hydrazine groups is 1. The van der Waals surface area contributed by atoms with Crippen molar-refractivity contribution in [1.82, 2.24) is 10.9 Å². The molecule has 0 radical (unpaired) electrons. The zero-order valence-electron chi connectivity index (χ0n) is 13.4. The Morgan fingerprint density at radius 2 is 1.67 bits per heavy atom. The van der Waals surface area contributed by atoms with Crippen molar-refractivity contribution in [3.8, 4) is 0 Å². The predicted molar refractivity (Wildman–Crippen MR) is 90.0 cm³/mol. The SMILES string of the molecule is Cc1ccc(S(C)(=O)=O)cc1C(=O)NNC(=O)Cc1ccccc1. The number of aryl methyl sites for hydroxylation is 1. The van der Waals surface area contributed by atoms with E-state index >= 15 is 0 Å². The van der Waals surface area contributed by atoms with Gasteiger partial charge in [-0.15, -0.1) is 0 Å². The van der Waals surface area contributed by atoms with E-state index in [9.17, 15) is 18.0 Å². The Bertz CT molecular complexity index is 861. The maximum atomic E-state index is 12.2. The Hall–Kier alpha value is -2.67. The van der Waals surface area contributed by atoms with Crippen LogP contribution in [0.4, 0.5) is 0 Å². The van der Waals surface area contributed by atoms with Crippen LogP contribution in [-0.4, -0.2) is 26.5 Å². The van der Waals surface area contributed by atoms with E-state index in [1.54, 1.807) is 25.1 Å². The van der Waals surface area contributed by atoms with E-state index in [1.165, 1.54) is 12.1 Å². The Morgan fingerprint density at radius 3 is 2.29 bits per heavy atom. The lowest BCUT2D eigenvalue weighted by Crippen LogP contribution is -2.42. The van der Waals surface area contributed by atoms with Gasteiger partial charge >= 0.3 is 0 Å². The normalized spacial score (nSPS) is 10.9. The van der Waals surface area contributed by atoms with E-state index in [0.717, 1.165) is 11.8 Å². The van der Waals surface area contributed by atoms with Crippen LogP contribution in [0.5, 0.6) is 0 Å². The molecule has 6 nitrogen and oxygen atoms in total. The second-order valence-corrected chi connectivity index (χ2v) is 7.43. The number of hydrogen-bond donors (Lipinski definition) is 2. The largest absolute Gasteiger partial charge is 0.273 e. The molecule has 0 unspecified atom stereocenters. The van der Waals surface area contributed by atoms with Crippen molar-refractivity contribution in [3.63, 3.8) is 0 Å². The second kappa shape index (κ2) is 7.27. The maximum absolute atomic E-state index is 12.2. The predicted octanol–water partition coefficient (Wildman–Crippen LogP) is 1.40. The average molecular weight is 346 g/mol. The van der Waals surface area contributed by atoms with Crippen LogP contribution in [0.1, 0.15) is 21.5 Å². The Kier molecular flexibility index (Phi) is 5.35. The van der Waals surface area contributed by atoms with Gasteiger partial charge in [0.15, 0.2) is 9.84 Å². The smallest absolute Gasteiger partial charge is 0.269 e. The first-order valence-corrected chi connectivity index (χ1v) is 9.10. The molecule has 2 rings (SSSR count). The zero-order chi connectivity index (χ0) is 17.7. The Morgan fingerprint density at radius 1 is 1.00 bits per heavy atom. The summed E-state index contributed by atoms with van der Waals surface area (Å²) in [5.74, 6) is -0.939. The molecule has 2 amide bonds. The molecule has 0 heterocycles. The van der Waals surface area contributed by atoms with Crippen LogP contribution in [0, 0.1) is 6.92 Å². The molecular weight excluding hydrogens is 328 g/mol. The van der Waals surface area contributed by atoms with E-state index < -0.39 is 15.7 Å². The number of sulfone groups is 1. The molecule has 0 fully saturated rings. The number of rotatable bonds is 4. The molecule has 24 heavy (non-hydrogen) atoms. The molecule has 0 atom stereocenters. The molecule has 2 aromatic rings. The Labute approximate surface area is 140 Å². The third-order valence-corrected chi connectivity index (χ3v) is 4.52. The molecule has 0 aliphatic rings. The number of nitrogens with one attached hydrogen (secondary N) is 2. The van der Waals surface area contributed by atoms with Gasteiger partial charge in [0.2, 0.25) is 5.91 Å². The molecule has 7 heteroatoms. The molecule has 0 bridgehead atoms. The summed E-state index contributed by atoms with van der Waals surface area (Å²) in [6, 6.07) is 13.4. The van der Waals surface area contributed by atoms with Crippen molar-refractivity contribution in [2.75, 3.05) is 6.26 Å². The first-order valence-electron chi connectivity index (χ1n) is 7.21. The maximum Gasteiger partial charge on any atom is 0.269 e. The van der Waals surface area contributed by atoms with Crippen LogP contribution in [0.25, 0.3) is 0 Å². The highest BCUT2D eigenvalue weighted by Gasteiger charge is 2.15. The number of hydrogen-bond acceptors (Lipinski definition) is 4. The van der Waals surface area contributed by atoms with Gasteiger partial charge in [0.05, 0.1) is 11.3 Å². The fourth-order valence-electron chi connectivity index (χ4n) is 2.10. The van der Waals surface area contributed by atoms with Gasteiger partial charge in [-0.1, -0.05) is 36.4 Å². The summed E-state index contributed by atoms with van der Waals surface area (Å²) in [5, 5.41) is 0. The van der Waals surface area contributed by atoms with Crippen molar-refractivity contribution < 1.29 is 18.0 Å². The molecule has 0 spiro atoms. The minimum absolute atomic E-state index is 0.0499. The van der Waals surface area contributed by atoms with Crippen LogP contribution < -0.4 is 10.9 Å². The molecular formula is C17H18N2O4S. The standard InChI is InChI=1S/C17H18N2O4S/c1-12-8-9-14(24(2,22)23)11-15(12)17(21)19-18-16(20)10-13-6-4-3-5-7-13/h3-9,11H,10H2,1-2H3,(H,18,20)(H,19,21). The third kappa shape index (κ3) is 4.66. The highest BCUT2D eigenvalue weighted by molar-refractivity contribution is 7.90. The summed E-state index contributed by atoms with van der Waals surface area (Å²) < 4.78 is 23.2. The molecule has 0 aliphatic carbocycles. The van der Waals surface area contributed by atoms with Crippen LogP contribution in [0.2, 0.25) is 0 Å². The van der Waals surface area contributed by atoms with Crippen molar-refractivity contribution in [2.24, 2.45) is 0 Å². The molecule has 0 aromatic heterocycles. The summed E-state index contributed by atoms with van der Waals surface area (Å²) in [7, 11) is -3.41. The molecule has 0 saturated heterocycles. The lowest BCUT2D eigenvalue weighted by Gasteiger charge is -2.10. The van der Waals surface area contributed by atoms with Crippen LogP contribution in [0.15, 0.2) is 53.4 Å². The van der Waals surface area contributed by atoms with Crippen molar-refractivity contribution in [1.29, 1.82) is 0 Å². The van der Waals surface area contributed by atoms with Gasteiger partial charge in [0.1, 0.15) is 0 Å². The monoisotopic (exact) mass is 346 g/mol. The lowest BCUT2D eigenvalue weighted by molar-refractivity contribution is -0.121. The second-order valence-electron chi connectivity index (χ2n) is 5.41. The topological polar surface area (TPSA) is 92.3 Å². The highest BCUT2D eigenvalue weighted by atomic mass is 32.2. The van der Waals surface area contributed by atoms with Crippen LogP contribution in [-0.2, 0) is 21.1 Å². The molecule has 0 aliphatic heterocycles. The number of carbonyl (C=O) groups excluding carboxylic acids is 2. The molecule has 2 aromatic carbocycles. The lowest BCUT2D eigenvalue weighted by atomic mass is 10.1. The van der Waals surface area contributed by atoms with Crippen LogP contribution >= 0.6 is 0 Å². The van der Waals surface area contributed by atoms with Gasteiger partial charge in [-0.25, -0.2) is 8.42 Å². The van der Waals surface area contributed by atoms with E-state index in [0.29, 0.717) is 5.56 Å². The molecule has 2 N–H and O–H groups in total. The summed E-state index contributed by atoms with van der Waals surface area (Å²) in [4.78, 5) is 24.1. The van der Waals surface area contributed by atoms with E-state index in [4.69, 9.17) is 0 Å². The number of amides is 2. The first kappa shape index (κ1) is 17.7. The van der Waals surface area contributed by atoms with E-state index in [-0.39, 0.29) is 22.8 Å². The van der Waals surface area contributed by atoms with Gasteiger partial charge < -0.3 is 0 Å². The molecule has 0 saturated carbocycles. The van der Waals surface area contributed by atoms with Gasteiger partial charge in [-0.3, -0.25) is 20.4 Å². The fraction of sp³-hybridized carbons (Fsp3) is 0.176. The quantitative estimate of drug-likeness (QED) is 0.819. The van der Waals surface area contributed by atoms with Crippen molar-refractivity contribution >= 4 is 21.7 Å². The first-order chi connectivity index (χ1) is 11.3. The van der Waals surface area contributed by atoms with Gasteiger partial charge in [0.25, 0.3) is 5.91 Å². The van der Waals surface area contributed by atoms with E-state index in [1.807, 2.05) is 18.2 Å². The zero-order valence-corrected chi connectivity index (χ0v) is 14.2. The number of carbonyl (C=O) groups is 2. The third-order valence-electron chi connectivity index (χ3n) is 3.40. The summed E-state index contributed by atoms with van der Waals surface area (Å²) in [5.41, 5.74) is 6.25. The minimum Gasteiger partial charge on any atom is -0.273 e. The van der Waals surface area contributed by atoms with Gasteiger partial charge in [0, 0.05) is 11.8 Å². The summed E-state index contributed by atoms with van der Waals surface area (Å²) in [6.07, 6.45) is 1.20. The molecule has 126 valence electrons. The summed E-state index contributed by atoms with van der Waals surface area (Å²) >= 11 is 0. The van der Waals surface area contributed by atoms with Crippen molar-refractivity contribution in [3.05, 3.63) is 65.2 Å². The van der Waals surface area contributed by atoms with Gasteiger partial charge in [-0.2, -0.15) is 0 Å². The average Bonchev–Trinajstić information content (AvgIpc) is 2.53. The van der Waals surface area contributed by atoms with Gasteiger partial charge in [-0.05, 0) is 30.2 Å². The van der Waals surface area contributed by atoms with Crippen LogP contribution in [0.3, 0.4) is 0 Å².